The van der Waals surface area contributed by atoms with Crippen molar-refractivity contribution in [2.75, 3.05) is 6.79 Å². The predicted octanol–water partition coefficient (Wildman–Crippen LogP) is 2.26. The Morgan fingerprint density at radius 2 is 2.07 bits per heavy atom. The van der Waals surface area contributed by atoms with Crippen LogP contribution in [0.2, 0.25) is 0 Å². The quantitative estimate of drug-likeness (QED) is 0.712. The molecule has 0 aromatic carbocycles. The first-order chi connectivity index (χ1) is 6.47. The average Bonchev–Trinajstić information content (AvgIpc) is 2.06. The molecule has 0 saturated heterocycles. The largest absolute Gasteiger partial charge is 0.525 e. The lowest BCUT2D eigenvalue weighted by Gasteiger charge is -2.08. The van der Waals surface area contributed by atoms with E-state index >= 15 is 0 Å². The summed E-state index contributed by atoms with van der Waals surface area (Å²) in [5.74, 6) is 0.236. The summed E-state index contributed by atoms with van der Waals surface area (Å²) < 4.78 is 42.6. The van der Waals surface area contributed by atoms with Gasteiger partial charge in [-0.15, -0.1) is 13.2 Å². The second-order valence-corrected chi connectivity index (χ2v) is 2.49. The molecular weight excluding hydrogens is 199 g/mol. The summed E-state index contributed by atoms with van der Waals surface area (Å²) >= 11 is 0. The number of alkyl halides is 3. The first-order valence-corrected chi connectivity index (χ1v) is 3.73. The minimum absolute atomic E-state index is 0.236. The van der Waals surface area contributed by atoms with Gasteiger partial charge in [0.15, 0.2) is 6.79 Å². The van der Waals surface area contributed by atoms with Crippen molar-refractivity contribution in [1.29, 1.82) is 0 Å². The standard InChI is InChI=1S/C8H8F3NO2/c1-6-2-3-7(4-12-6)13-5-14-8(9,10)11/h2-4H,5H2,1H3. The highest BCUT2D eigenvalue weighted by Crippen LogP contribution is 2.17. The molecule has 0 radical (unpaired) electrons. The third kappa shape index (κ3) is 4.08. The van der Waals surface area contributed by atoms with Crippen LogP contribution >= 0.6 is 0 Å². The van der Waals surface area contributed by atoms with Crippen molar-refractivity contribution in [2.24, 2.45) is 0 Å². The summed E-state index contributed by atoms with van der Waals surface area (Å²) in [6.45, 7) is 0.893. The van der Waals surface area contributed by atoms with Crippen molar-refractivity contribution < 1.29 is 22.6 Å². The van der Waals surface area contributed by atoms with Gasteiger partial charge in [0.25, 0.3) is 0 Å². The Hall–Kier alpha value is -1.30. The molecule has 3 nitrogen and oxygen atoms in total. The van der Waals surface area contributed by atoms with Crippen molar-refractivity contribution in [3.05, 3.63) is 24.0 Å². The van der Waals surface area contributed by atoms with E-state index in [1.807, 2.05) is 0 Å². The Bertz CT molecular complexity index is 284. The lowest BCUT2D eigenvalue weighted by Crippen LogP contribution is -2.17. The highest BCUT2D eigenvalue weighted by atomic mass is 19.4. The smallest absolute Gasteiger partial charge is 0.466 e. The Morgan fingerprint density at radius 1 is 1.36 bits per heavy atom. The van der Waals surface area contributed by atoms with E-state index in [1.54, 1.807) is 13.0 Å². The summed E-state index contributed by atoms with van der Waals surface area (Å²) in [5, 5.41) is 0. The Balaban J connectivity index is 2.35. The van der Waals surface area contributed by atoms with Gasteiger partial charge in [0.2, 0.25) is 0 Å². The first kappa shape index (κ1) is 10.8. The van der Waals surface area contributed by atoms with Gasteiger partial charge in [-0.05, 0) is 19.1 Å². The summed E-state index contributed by atoms with van der Waals surface area (Å²) in [6.07, 6.45) is -3.34. The monoisotopic (exact) mass is 207 g/mol. The SMILES string of the molecule is Cc1ccc(OCOC(F)(F)F)cn1. The molecular formula is C8H8F3NO2. The van der Waals surface area contributed by atoms with E-state index < -0.39 is 13.2 Å². The fourth-order valence-electron chi connectivity index (χ4n) is 0.704. The van der Waals surface area contributed by atoms with Crippen LogP contribution in [-0.2, 0) is 4.74 Å². The minimum Gasteiger partial charge on any atom is -0.466 e. The van der Waals surface area contributed by atoms with Gasteiger partial charge in [0.05, 0.1) is 6.20 Å². The number of hydrogen-bond donors (Lipinski definition) is 0. The van der Waals surface area contributed by atoms with Crippen molar-refractivity contribution in [2.45, 2.75) is 13.3 Å². The van der Waals surface area contributed by atoms with Crippen molar-refractivity contribution >= 4 is 0 Å². The van der Waals surface area contributed by atoms with E-state index in [9.17, 15) is 13.2 Å². The van der Waals surface area contributed by atoms with Gasteiger partial charge in [-0.1, -0.05) is 0 Å². The molecule has 1 aromatic heterocycles. The van der Waals surface area contributed by atoms with Crippen LogP contribution < -0.4 is 4.74 Å². The van der Waals surface area contributed by atoms with Crippen LogP contribution in [0.25, 0.3) is 0 Å². The van der Waals surface area contributed by atoms with E-state index in [2.05, 4.69) is 14.5 Å². The molecule has 0 atom stereocenters. The van der Waals surface area contributed by atoms with Gasteiger partial charge in [-0.3, -0.25) is 9.72 Å². The molecule has 0 aliphatic heterocycles. The summed E-state index contributed by atoms with van der Waals surface area (Å²) in [4.78, 5) is 3.83. The molecule has 0 aliphatic carbocycles. The van der Waals surface area contributed by atoms with E-state index in [4.69, 9.17) is 0 Å². The van der Waals surface area contributed by atoms with E-state index in [0.29, 0.717) is 0 Å². The van der Waals surface area contributed by atoms with Crippen LogP contribution in [0.1, 0.15) is 5.69 Å². The Labute approximate surface area is 78.5 Å². The second kappa shape index (κ2) is 4.28. The van der Waals surface area contributed by atoms with Gasteiger partial charge in [-0.2, -0.15) is 0 Å². The summed E-state index contributed by atoms with van der Waals surface area (Å²) in [6, 6.07) is 3.14. The molecule has 0 fully saturated rings. The molecule has 1 heterocycles. The van der Waals surface area contributed by atoms with Gasteiger partial charge in [0, 0.05) is 5.69 Å². The van der Waals surface area contributed by atoms with Crippen LogP contribution in [0.5, 0.6) is 5.75 Å². The number of ether oxygens (including phenoxy) is 2. The predicted molar refractivity (Wildman–Crippen MR) is 41.6 cm³/mol. The molecule has 0 spiro atoms. The highest BCUT2D eigenvalue weighted by Gasteiger charge is 2.29. The first-order valence-electron chi connectivity index (χ1n) is 3.73. The van der Waals surface area contributed by atoms with Crippen LogP contribution in [-0.4, -0.2) is 18.1 Å². The third-order valence-corrected chi connectivity index (χ3v) is 1.33. The maximum Gasteiger partial charge on any atom is 0.525 e. The summed E-state index contributed by atoms with van der Waals surface area (Å²) in [7, 11) is 0. The number of pyridine rings is 1. The van der Waals surface area contributed by atoms with Crippen LogP contribution in [0.4, 0.5) is 13.2 Å². The number of halogens is 3. The maximum atomic E-state index is 11.5. The highest BCUT2D eigenvalue weighted by molar-refractivity contribution is 5.18. The van der Waals surface area contributed by atoms with Crippen LogP contribution in [0, 0.1) is 6.92 Å². The number of rotatable bonds is 3. The van der Waals surface area contributed by atoms with Gasteiger partial charge >= 0.3 is 6.36 Å². The van der Waals surface area contributed by atoms with Gasteiger partial charge in [-0.25, -0.2) is 0 Å². The fourth-order valence-corrected chi connectivity index (χ4v) is 0.704. The zero-order valence-electron chi connectivity index (χ0n) is 7.34. The average molecular weight is 207 g/mol. The van der Waals surface area contributed by atoms with Gasteiger partial charge in [0.1, 0.15) is 5.75 Å². The molecule has 0 unspecified atom stereocenters. The van der Waals surface area contributed by atoms with E-state index in [-0.39, 0.29) is 5.75 Å². The molecule has 0 bridgehead atoms. The van der Waals surface area contributed by atoms with Crippen molar-refractivity contribution in [1.82, 2.24) is 4.98 Å². The van der Waals surface area contributed by atoms with Crippen molar-refractivity contribution in [3.63, 3.8) is 0 Å². The Morgan fingerprint density at radius 3 is 2.57 bits per heavy atom. The number of aryl methyl sites for hydroxylation is 1. The van der Waals surface area contributed by atoms with E-state index in [1.165, 1.54) is 12.3 Å². The molecule has 0 aliphatic rings. The summed E-state index contributed by atoms with van der Waals surface area (Å²) in [5.41, 5.74) is 0.758. The van der Waals surface area contributed by atoms with Crippen LogP contribution in [0.3, 0.4) is 0 Å². The van der Waals surface area contributed by atoms with Crippen molar-refractivity contribution in [3.8, 4) is 5.75 Å². The maximum absolute atomic E-state index is 11.5. The third-order valence-electron chi connectivity index (χ3n) is 1.33. The normalized spacial score (nSPS) is 11.4. The zero-order chi connectivity index (χ0) is 10.6. The minimum atomic E-state index is -4.67. The number of hydrogen-bond acceptors (Lipinski definition) is 3. The zero-order valence-corrected chi connectivity index (χ0v) is 7.34. The molecule has 78 valence electrons. The molecule has 0 saturated carbocycles. The molecule has 0 N–H and O–H groups in total. The second-order valence-electron chi connectivity index (χ2n) is 2.49. The topological polar surface area (TPSA) is 31.4 Å². The van der Waals surface area contributed by atoms with Gasteiger partial charge < -0.3 is 4.74 Å². The molecule has 6 heteroatoms. The lowest BCUT2D eigenvalue weighted by atomic mass is 10.4. The molecule has 0 amide bonds. The van der Waals surface area contributed by atoms with Crippen LogP contribution in [0.15, 0.2) is 18.3 Å². The molecule has 1 aromatic rings. The molecule has 14 heavy (non-hydrogen) atoms. The fraction of sp³-hybridized carbons (Fsp3) is 0.375. The number of aromatic nitrogens is 1. The lowest BCUT2D eigenvalue weighted by molar-refractivity contribution is -0.341. The Kier molecular flexibility index (Phi) is 3.29. The molecule has 1 rings (SSSR count). The number of nitrogens with zero attached hydrogens (tertiary/aromatic N) is 1. The van der Waals surface area contributed by atoms with E-state index in [0.717, 1.165) is 5.69 Å².